The minimum Gasteiger partial charge on any atom is -0.494 e. The summed E-state index contributed by atoms with van der Waals surface area (Å²) in [5, 5.41) is 5.84. The Labute approximate surface area is 186 Å². The van der Waals surface area contributed by atoms with Gasteiger partial charge in [0.1, 0.15) is 11.5 Å². The molecule has 0 aliphatic rings. The van der Waals surface area contributed by atoms with Gasteiger partial charge in [-0.1, -0.05) is 29.8 Å². The lowest BCUT2D eigenvalue weighted by molar-refractivity contribution is -0.122. The van der Waals surface area contributed by atoms with E-state index in [0.29, 0.717) is 34.3 Å². The van der Waals surface area contributed by atoms with Crippen molar-refractivity contribution in [2.75, 3.05) is 17.2 Å². The number of para-hydroxylation sites is 1. The van der Waals surface area contributed by atoms with Gasteiger partial charge in [-0.15, -0.1) is 0 Å². The Morgan fingerprint density at radius 2 is 1.65 bits per heavy atom. The third-order valence-corrected chi connectivity index (χ3v) is 4.66. The quantitative estimate of drug-likeness (QED) is 0.494. The molecule has 0 saturated heterocycles. The van der Waals surface area contributed by atoms with E-state index in [-0.39, 0.29) is 11.8 Å². The summed E-state index contributed by atoms with van der Waals surface area (Å²) in [5.74, 6) is 0.600. The smallest absolute Gasteiger partial charge is 0.265 e. The highest BCUT2D eigenvalue weighted by atomic mass is 35.5. The van der Waals surface area contributed by atoms with Crippen LogP contribution in [0.5, 0.6) is 11.5 Å². The van der Waals surface area contributed by atoms with E-state index in [2.05, 4.69) is 10.6 Å². The Balaban J connectivity index is 1.66. The molecule has 3 aromatic carbocycles. The molecule has 0 fully saturated rings. The number of hydrogen-bond donors (Lipinski definition) is 2. The van der Waals surface area contributed by atoms with Crippen molar-refractivity contribution in [1.82, 2.24) is 0 Å². The molecule has 31 heavy (non-hydrogen) atoms. The van der Waals surface area contributed by atoms with Crippen molar-refractivity contribution < 1.29 is 19.1 Å². The first-order valence-electron chi connectivity index (χ1n) is 9.82. The minimum absolute atomic E-state index is 0.317. The van der Waals surface area contributed by atoms with E-state index in [0.717, 1.165) is 5.75 Å². The standard InChI is InChI=1S/C24H23ClN2O4/c1-3-30-19-12-10-18(11-13-19)26-24(29)17-9-14-21(25)22(15-17)27-23(28)16(2)31-20-7-5-4-6-8-20/h4-16H,3H2,1-2H3,(H,26,29)(H,27,28)/t16-/m0/s1. The van der Waals surface area contributed by atoms with Crippen molar-refractivity contribution in [1.29, 1.82) is 0 Å². The van der Waals surface area contributed by atoms with Crippen molar-refractivity contribution >= 4 is 34.8 Å². The number of halogens is 1. The second-order valence-corrected chi connectivity index (χ2v) is 7.08. The van der Waals surface area contributed by atoms with Crippen molar-refractivity contribution in [2.45, 2.75) is 20.0 Å². The van der Waals surface area contributed by atoms with Gasteiger partial charge in [-0.05, 0) is 68.4 Å². The highest BCUT2D eigenvalue weighted by molar-refractivity contribution is 6.34. The summed E-state index contributed by atoms with van der Waals surface area (Å²) in [6.45, 7) is 4.11. The summed E-state index contributed by atoms with van der Waals surface area (Å²) in [6, 6.07) is 20.8. The summed E-state index contributed by atoms with van der Waals surface area (Å²) >= 11 is 6.22. The Bertz CT molecular complexity index is 1040. The van der Waals surface area contributed by atoms with Crippen LogP contribution >= 0.6 is 11.6 Å². The van der Waals surface area contributed by atoms with Gasteiger partial charge in [0.2, 0.25) is 0 Å². The largest absolute Gasteiger partial charge is 0.494 e. The fourth-order valence-electron chi connectivity index (χ4n) is 2.76. The van der Waals surface area contributed by atoms with Gasteiger partial charge in [-0.3, -0.25) is 9.59 Å². The lowest BCUT2D eigenvalue weighted by Crippen LogP contribution is -2.30. The summed E-state index contributed by atoms with van der Waals surface area (Å²) in [6.07, 6.45) is -0.750. The SMILES string of the molecule is CCOc1ccc(NC(=O)c2ccc(Cl)c(NC(=O)[C@H](C)Oc3ccccc3)c2)cc1. The Morgan fingerprint density at radius 3 is 2.32 bits per heavy atom. The molecule has 0 radical (unpaired) electrons. The van der Waals surface area contributed by atoms with Gasteiger partial charge >= 0.3 is 0 Å². The second-order valence-electron chi connectivity index (χ2n) is 6.67. The van der Waals surface area contributed by atoms with Gasteiger partial charge in [-0.25, -0.2) is 0 Å². The maximum absolute atomic E-state index is 12.6. The Morgan fingerprint density at radius 1 is 0.935 bits per heavy atom. The Hall–Kier alpha value is -3.51. The van der Waals surface area contributed by atoms with E-state index in [1.165, 1.54) is 6.07 Å². The molecule has 0 unspecified atom stereocenters. The molecular formula is C24H23ClN2O4. The molecule has 2 amide bonds. The average Bonchev–Trinajstić information content (AvgIpc) is 2.77. The number of amides is 2. The predicted molar refractivity (Wildman–Crippen MR) is 122 cm³/mol. The molecule has 2 N–H and O–H groups in total. The highest BCUT2D eigenvalue weighted by Gasteiger charge is 2.17. The van der Waals surface area contributed by atoms with Gasteiger partial charge in [0.25, 0.3) is 11.8 Å². The minimum atomic E-state index is -0.750. The van der Waals surface area contributed by atoms with Crippen LogP contribution in [-0.4, -0.2) is 24.5 Å². The normalized spacial score (nSPS) is 11.3. The average molecular weight is 439 g/mol. The number of benzene rings is 3. The maximum Gasteiger partial charge on any atom is 0.265 e. The van der Waals surface area contributed by atoms with Crippen LogP contribution in [-0.2, 0) is 4.79 Å². The zero-order valence-corrected chi connectivity index (χ0v) is 18.0. The molecule has 7 heteroatoms. The number of rotatable bonds is 8. The highest BCUT2D eigenvalue weighted by Crippen LogP contribution is 2.25. The molecular weight excluding hydrogens is 416 g/mol. The molecule has 0 aromatic heterocycles. The molecule has 1 atom stereocenters. The molecule has 0 aliphatic heterocycles. The van der Waals surface area contributed by atoms with E-state index >= 15 is 0 Å². The molecule has 0 aliphatic carbocycles. The summed E-state index contributed by atoms with van der Waals surface area (Å²) in [5.41, 5.74) is 1.30. The van der Waals surface area contributed by atoms with E-state index in [1.54, 1.807) is 55.5 Å². The van der Waals surface area contributed by atoms with E-state index in [9.17, 15) is 9.59 Å². The zero-order valence-electron chi connectivity index (χ0n) is 17.2. The lowest BCUT2D eigenvalue weighted by Gasteiger charge is -2.16. The van der Waals surface area contributed by atoms with Crippen LogP contribution < -0.4 is 20.1 Å². The number of carbonyl (C=O) groups is 2. The molecule has 0 saturated carbocycles. The monoisotopic (exact) mass is 438 g/mol. The summed E-state index contributed by atoms with van der Waals surface area (Å²) in [4.78, 5) is 25.1. The van der Waals surface area contributed by atoms with E-state index in [1.807, 2.05) is 25.1 Å². The number of hydrogen-bond acceptors (Lipinski definition) is 4. The van der Waals surface area contributed by atoms with E-state index in [4.69, 9.17) is 21.1 Å². The van der Waals surface area contributed by atoms with Gasteiger partial charge < -0.3 is 20.1 Å². The van der Waals surface area contributed by atoms with Crippen LogP contribution in [0.4, 0.5) is 11.4 Å². The van der Waals surface area contributed by atoms with Crippen molar-refractivity contribution in [3.05, 3.63) is 83.4 Å². The lowest BCUT2D eigenvalue weighted by atomic mass is 10.1. The predicted octanol–water partition coefficient (Wildman–Crippen LogP) is 5.40. The molecule has 160 valence electrons. The zero-order chi connectivity index (χ0) is 22.2. The number of carbonyl (C=O) groups excluding carboxylic acids is 2. The first-order chi connectivity index (χ1) is 15.0. The third-order valence-electron chi connectivity index (χ3n) is 4.33. The Kier molecular flexibility index (Phi) is 7.51. The molecule has 6 nitrogen and oxygen atoms in total. The number of anilines is 2. The van der Waals surface area contributed by atoms with Crippen LogP contribution in [0, 0.1) is 0 Å². The van der Waals surface area contributed by atoms with Crippen LogP contribution in [0.2, 0.25) is 5.02 Å². The fraction of sp³-hybridized carbons (Fsp3) is 0.167. The van der Waals surface area contributed by atoms with Crippen molar-refractivity contribution in [2.24, 2.45) is 0 Å². The first-order valence-corrected chi connectivity index (χ1v) is 10.2. The molecule has 3 aromatic rings. The summed E-state index contributed by atoms with van der Waals surface area (Å²) in [7, 11) is 0. The van der Waals surface area contributed by atoms with Gasteiger partial charge in [0.15, 0.2) is 6.10 Å². The summed E-state index contributed by atoms with van der Waals surface area (Å²) < 4.78 is 11.0. The van der Waals surface area contributed by atoms with Crippen LogP contribution in [0.3, 0.4) is 0 Å². The molecule has 0 heterocycles. The third kappa shape index (κ3) is 6.23. The molecule has 3 rings (SSSR count). The second kappa shape index (κ2) is 10.5. The topological polar surface area (TPSA) is 76.7 Å². The van der Waals surface area contributed by atoms with Crippen LogP contribution in [0.25, 0.3) is 0 Å². The van der Waals surface area contributed by atoms with E-state index < -0.39 is 6.10 Å². The molecule has 0 bridgehead atoms. The van der Waals surface area contributed by atoms with Crippen molar-refractivity contribution in [3.8, 4) is 11.5 Å². The number of ether oxygens (including phenoxy) is 2. The van der Waals surface area contributed by atoms with Gasteiger partial charge in [-0.2, -0.15) is 0 Å². The van der Waals surface area contributed by atoms with Crippen LogP contribution in [0.15, 0.2) is 72.8 Å². The molecule has 0 spiro atoms. The van der Waals surface area contributed by atoms with Gasteiger partial charge in [0.05, 0.1) is 17.3 Å². The van der Waals surface area contributed by atoms with Crippen LogP contribution in [0.1, 0.15) is 24.2 Å². The number of nitrogens with one attached hydrogen (secondary N) is 2. The fourth-order valence-corrected chi connectivity index (χ4v) is 2.92. The van der Waals surface area contributed by atoms with Gasteiger partial charge in [0, 0.05) is 11.3 Å². The maximum atomic E-state index is 12.6. The first kappa shape index (κ1) is 22.2. The van der Waals surface area contributed by atoms with Crippen molar-refractivity contribution in [3.63, 3.8) is 0 Å².